The zero-order valence-electron chi connectivity index (χ0n) is 13.8. The van der Waals surface area contributed by atoms with Crippen molar-refractivity contribution in [1.29, 1.82) is 0 Å². The van der Waals surface area contributed by atoms with E-state index in [4.69, 9.17) is 9.26 Å². The van der Waals surface area contributed by atoms with Crippen molar-refractivity contribution in [2.75, 3.05) is 25.1 Å². The lowest BCUT2D eigenvalue weighted by molar-refractivity contribution is 0.104. The van der Waals surface area contributed by atoms with E-state index in [0.717, 1.165) is 34.1 Å². The highest BCUT2D eigenvalue weighted by molar-refractivity contribution is 9.10. The Morgan fingerprint density at radius 3 is 2.88 bits per heavy atom. The molecule has 0 saturated carbocycles. The minimum Gasteiger partial charge on any atom is -0.384 e. The quantitative estimate of drug-likeness (QED) is 0.477. The number of rotatable bonds is 6. The second-order valence-corrected chi connectivity index (χ2v) is 6.72. The van der Waals surface area contributed by atoms with Gasteiger partial charge < -0.3 is 14.6 Å². The number of fused-ring (bicyclic) bond motifs is 2. The van der Waals surface area contributed by atoms with Crippen molar-refractivity contribution >= 4 is 38.3 Å². The zero-order valence-corrected chi connectivity index (χ0v) is 15.4. The summed E-state index contributed by atoms with van der Waals surface area (Å²) < 4.78 is 11.8. The van der Waals surface area contributed by atoms with Crippen molar-refractivity contribution in [1.82, 2.24) is 5.16 Å². The number of nitrogens with zero attached hydrogens (tertiary/aromatic N) is 1. The van der Waals surface area contributed by atoms with Gasteiger partial charge in [-0.15, -0.1) is 0 Å². The predicted molar refractivity (Wildman–Crippen MR) is 100 cm³/mol. The summed E-state index contributed by atoms with van der Waals surface area (Å²) in [6, 6.07) is 9.39. The van der Waals surface area contributed by atoms with Gasteiger partial charge in [0.1, 0.15) is 5.52 Å². The second-order valence-electron chi connectivity index (χ2n) is 5.87. The van der Waals surface area contributed by atoms with E-state index in [1.165, 1.54) is 0 Å². The van der Waals surface area contributed by atoms with E-state index in [0.29, 0.717) is 35.6 Å². The Morgan fingerprint density at radius 2 is 2.08 bits per heavy atom. The Bertz CT molecular complexity index is 965. The van der Waals surface area contributed by atoms with E-state index in [9.17, 15) is 4.79 Å². The summed E-state index contributed by atoms with van der Waals surface area (Å²) in [7, 11) is 0. The fourth-order valence-electron chi connectivity index (χ4n) is 3.20. The SMILES string of the molecule is CCOCCCNc1cc(Br)c2noc3c2c1C(=O)c1ccccc1-3. The van der Waals surface area contributed by atoms with Gasteiger partial charge in [-0.1, -0.05) is 29.4 Å². The van der Waals surface area contributed by atoms with Crippen LogP contribution in [0.15, 0.2) is 39.3 Å². The average Bonchev–Trinajstić information content (AvgIpc) is 3.07. The predicted octanol–water partition coefficient (Wildman–Crippen LogP) is 4.64. The molecule has 1 aliphatic rings. The molecule has 25 heavy (non-hydrogen) atoms. The van der Waals surface area contributed by atoms with Crippen LogP contribution in [0.3, 0.4) is 0 Å². The standard InChI is InChI=1S/C19H17BrN2O3/c1-2-24-9-5-8-21-14-10-13(20)17-16-15(14)18(23)11-6-3-4-7-12(11)19(16)25-22-17/h3-4,6-7,10,21H,2,5,8-9H2,1H3. The lowest BCUT2D eigenvalue weighted by Crippen LogP contribution is -2.14. The molecule has 0 amide bonds. The summed E-state index contributed by atoms with van der Waals surface area (Å²) in [5.74, 6) is 0.648. The molecule has 4 rings (SSSR count). The summed E-state index contributed by atoms with van der Waals surface area (Å²) in [5.41, 5.74) is 3.53. The minimum absolute atomic E-state index is 0.00360. The van der Waals surface area contributed by atoms with Crippen LogP contribution in [-0.4, -0.2) is 30.7 Å². The number of nitrogens with one attached hydrogen (secondary N) is 1. The normalized spacial score (nSPS) is 12.5. The summed E-state index contributed by atoms with van der Waals surface area (Å²) in [6.07, 6.45) is 0.865. The summed E-state index contributed by atoms with van der Waals surface area (Å²) in [5, 5.41) is 8.30. The zero-order chi connectivity index (χ0) is 17.4. The molecule has 1 aliphatic carbocycles. The summed E-state index contributed by atoms with van der Waals surface area (Å²) in [4.78, 5) is 13.1. The molecule has 1 heterocycles. The van der Waals surface area contributed by atoms with E-state index < -0.39 is 0 Å². The Hall–Kier alpha value is -2.18. The third kappa shape index (κ3) is 2.65. The number of ketones is 1. The van der Waals surface area contributed by atoms with Gasteiger partial charge in [0.15, 0.2) is 11.5 Å². The van der Waals surface area contributed by atoms with Crippen LogP contribution in [0.1, 0.15) is 29.3 Å². The van der Waals surface area contributed by atoms with Crippen LogP contribution in [-0.2, 0) is 4.74 Å². The number of anilines is 1. The van der Waals surface area contributed by atoms with Gasteiger partial charge in [-0.05, 0) is 35.3 Å². The van der Waals surface area contributed by atoms with Crippen molar-refractivity contribution in [2.45, 2.75) is 13.3 Å². The second kappa shape index (κ2) is 6.61. The van der Waals surface area contributed by atoms with E-state index >= 15 is 0 Å². The van der Waals surface area contributed by atoms with Crippen LogP contribution in [0.25, 0.3) is 22.2 Å². The average molecular weight is 401 g/mol. The first-order valence-electron chi connectivity index (χ1n) is 8.30. The van der Waals surface area contributed by atoms with Crippen molar-refractivity contribution in [2.24, 2.45) is 0 Å². The minimum atomic E-state index is -0.00360. The van der Waals surface area contributed by atoms with Gasteiger partial charge in [-0.2, -0.15) is 0 Å². The highest BCUT2D eigenvalue weighted by Crippen LogP contribution is 2.44. The number of hydrogen-bond acceptors (Lipinski definition) is 5. The van der Waals surface area contributed by atoms with Gasteiger partial charge in [0.25, 0.3) is 0 Å². The van der Waals surface area contributed by atoms with E-state index in [2.05, 4.69) is 26.4 Å². The Labute approximate surface area is 153 Å². The molecule has 6 heteroatoms. The number of ether oxygens (including phenoxy) is 1. The molecule has 0 aliphatic heterocycles. The molecule has 0 unspecified atom stereocenters. The molecule has 3 aromatic rings. The maximum Gasteiger partial charge on any atom is 0.196 e. The monoisotopic (exact) mass is 400 g/mol. The maximum atomic E-state index is 13.1. The lowest BCUT2D eigenvalue weighted by atomic mass is 9.87. The number of benzene rings is 2. The van der Waals surface area contributed by atoms with Crippen molar-refractivity contribution < 1.29 is 14.1 Å². The summed E-state index contributed by atoms with van der Waals surface area (Å²) in [6.45, 7) is 4.10. The smallest absolute Gasteiger partial charge is 0.196 e. The Balaban J connectivity index is 1.80. The first-order valence-corrected chi connectivity index (χ1v) is 9.09. The molecule has 5 nitrogen and oxygen atoms in total. The first kappa shape index (κ1) is 16.3. The molecule has 2 aromatic carbocycles. The molecular weight excluding hydrogens is 384 g/mol. The first-order chi connectivity index (χ1) is 12.2. The molecule has 0 bridgehead atoms. The molecule has 0 atom stereocenters. The number of hydrogen-bond donors (Lipinski definition) is 1. The van der Waals surface area contributed by atoms with E-state index in [-0.39, 0.29) is 5.78 Å². The van der Waals surface area contributed by atoms with Gasteiger partial charge in [0, 0.05) is 41.0 Å². The molecule has 0 saturated heterocycles. The maximum absolute atomic E-state index is 13.1. The molecule has 0 radical (unpaired) electrons. The molecule has 1 N–H and O–H groups in total. The fourth-order valence-corrected chi connectivity index (χ4v) is 3.70. The molecule has 0 spiro atoms. The number of halogens is 1. The lowest BCUT2D eigenvalue weighted by Gasteiger charge is -2.18. The van der Waals surface area contributed by atoms with Crippen molar-refractivity contribution in [3.63, 3.8) is 0 Å². The van der Waals surface area contributed by atoms with Gasteiger partial charge >= 0.3 is 0 Å². The molecular formula is C19H17BrN2O3. The van der Waals surface area contributed by atoms with E-state index in [1.807, 2.05) is 37.3 Å². The highest BCUT2D eigenvalue weighted by Gasteiger charge is 2.32. The van der Waals surface area contributed by atoms with Gasteiger partial charge in [0.2, 0.25) is 0 Å². The largest absolute Gasteiger partial charge is 0.384 e. The fraction of sp³-hybridized carbons (Fsp3) is 0.263. The highest BCUT2D eigenvalue weighted by atomic mass is 79.9. The van der Waals surface area contributed by atoms with Crippen LogP contribution in [0, 0.1) is 0 Å². The Kier molecular flexibility index (Phi) is 4.31. The number of aromatic nitrogens is 1. The molecule has 128 valence electrons. The number of carbonyl (C=O) groups excluding carboxylic acids is 1. The molecule has 0 fully saturated rings. The van der Waals surface area contributed by atoms with Crippen LogP contribution >= 0.6 is 15.9 Å². The van der Waals surface area contributed by atoms with Crippen LogP contribution in [0.4, 0.5) is 5.69 Å². The Morgan fingerprint density at radius 1 is 1.28 bits per heavy atom. The third-order valence-corrected chi connectivity index (χ3v) is 4.94. The van der Waals surface area contributed by atoms with Gasteiger partial charge in [-0.25, -0.2) is 0 Å². The topological polar surface area (TPSA) is 64.4 Å². The van der Waals surface area contributed by atoms with Gasteiger partial charge in [-0.3, -0.25) is 4.79 Å². The molecule has 1 aromatic heterocycles. The number of carbonyl (C=O) groups is 1. The third-order valence-electron chi connectivity index (χ3n) is 4.34. The van der Waals surface area contributed by atoms with Crippen molar-refractivity contribution in [3.8, 4) is 11.3 Å². The summed E-state index contributed by atoms with van der Waals surface area (Å²) >= 11 is 3.54. The van der Waals surface area contributed by atoms with Crippen LogP contribution in [0.2, 0.25) is 0 Å². The van der Waals surface area contributed by atoms with Gasteiger partial charge in [0.05, 0.1) is 10.9 Å². The van der Waals surface area contributed by atoms with Crippen LogP contribution in [0.5, 0.6) is 0 Å². The van der Waals surface area contributed by atoms with Crippen LogP contribution < -0.4 is 5.32 Å². The van der Waals surface area contributed by atoms with Crippen molar-refractivity contribution in [3.05, 3.63) is 45.9 Å². The van der Waals surface area contributed by atoms with E-state index in [1.54, 1.807) is 0 Å².